The van der Waals surface area contributed by atoms with Crippen LogP contribution in [0.2, 0.25) is 0 Å². The van der Waals surface area contributed by atoms with E-state index < -0.39 is 0 Å². The van der Waals surface area contributed by atoms with E-state index in [0.29, 0.717) is 0 Å². The molecule has 0 amide bonds. The van der Waals surface area contributed by atoms with Gasteiger partial charge in [0.1, 0.15) is 19.4 Å². The number of nitrogens with one attached hydrogen (secondary N) is 1. The van der Waals surface area contributed by atoms with E-state index in [1.54, 1.807) is 0 Å². The van der Waals surface area contributed by atoms with Crippen LogP contribution >= 0.6 is 0 Å². The SMILES string of the molecule is CC.CCCCC(C)C.C[N-]CCCC(C)C.C[n+]1cc[nH]c1.C[n+]1ccccc1.[CH2+]CCCC(C)C.[Y].[Y].[Y].[Y]. The third kappa shape index (κ3) is 75.0. The van der Waals surface area contributed by atoms with Crippen molar-refractivity contribution in [2.24, 2.45) is 31.8 Å². The van der Waals surface area contributed by atoms with Gasteiger partial charge in [0, 0.05) is 143 Å². The maximum Gasteiger partial charge on any atom is 0.241 e. The van der Waals surface area contributed by atoms with Crippen molar-refractivity contribution in [3.63, 3.8) is 0 Å². The second-order valence-corrected chi connectivity index (χ2v) is 10.3. The van der Waals surface area contributed by atoms with Crippen LogP contribution in [0, 0.1) is 24.7 Å². The van der Waals surface area contributed by atoms with Crippen molar-refractivity contribution < 1.29 is 140 Å². The third-order valence-corrected chi connectivity index (χ3v) is 4.88. The third-order valence-electron chi connectivity index (χ3n) is 4.88. The quantitative estimate of drug-likeness (QED) is 0.141. The Balaban J connectivity index is -0.0000000532. The minimum atomic E-state index is 0. The predicted octanol–water partition coefficient (Wildman–Crippen LogP) is 9.27. The molecule has 2 aromatic heterocycles. The standard InChI is InChI=1S/C7H16N.C7H16.C7H15.C6H8N.C4H6N2.C2H6.4Y/c1-7(2)5-4-6-8-3;2*1-4-5-6-7(2)3;1-7-5-3-2-4-6-7;1-6-3-2-5-4-6;1-2;;;;/h7H,4-6H2,1-3H3;7H,4-6H2,1-3H3;7H,1,4-6H2,2-3H3;2-6H,1H3;2-4H,1H3;1-2H3;;;;/q-1;;2*+1;;;;;;/p+1. The summed E-state index contributed by atoms with van der Waals surface area (Å²) in [5.74, 6) is 2.61. The number of hydrogen-bond acceptors (Lipinski definition) is 0. The summed E-state index contributed by atoms with van der Waals surface area (Å²) in [6.07, 6.45) is 20.1. The van der Waals surface area contributed by atoms with E-state index in [1.807, 2.05) is 93.4 Å². The van der Waals surface area contributed by atoms with Gasteiger partial charge in [-0.15, -0.1) is 6.54 Å². The topological polar surface area (TPSA) is 37.6 Å². The Labute approximate surface area is 360 Å². The van der Waals surface area contributed by atoms with Crippen molar-refractivity contribution in [3.05, 3.63) is 61.6 Å². The molecule has 0 bridgehead atoms. The van der Waals surface area contributed by atoms with E-state index in [-0.39, 0.29) is 131 Å². The number of H-pyrrole nitrogens is 1. The van der Waals surface area contributed by atoms with Gasteiger partial charge in [0.25, 0.3) is 0 Å². The Morgan fingerprint density at radius 3 is 1.32 bits per heavy atom. The summed E-state index contributed by atoms with van der Waals surface area (Å²) in [5.41, 5.74) is 0. The van der Waals surface area contributed by atoms with Crippen LogP contribution in [-0.4, -0.2) is 18.6 Å². The van der Waals surface area contributed by atoms with E-state index >= 15 is 0 Å². The number of aromatic nitrogens is 3. The molecule has 0 unspecified atom stereocenters. The van der Waals surface area contributed by atoms with E-state index in [1.165, 1.54) is 44.9 Å². The average Bonchev–Trinajstić information content (AvgIpc) is 3.35. The molecule has 0 saturated heterocycles. The number of rotatable bonds is 10. The largest absolute Gasteiger partial charge is 0.665 e. The van der Waals surface area contributed by atoms with E-state index in [4.69, 9.17) is 0 Å². The molecule has 0 fully saturated rings. The Morgan fingerprint density at radius 1 is 0.683 bits per heavy atom. The van der Waals surface area contributed by atoms with Crippen LogP contribution in [0.25, 0.3) is 5.32 Å². The maximum absolute atomic E-state index is 4.01. The van der Waals surface area contributed by atoms with Crippen LogP contribution in [0.3, 0.4) is 0 Å². The van der Waals surface area contributed by atoms with Gasteiger partial charge in [-0.05, 0) is 30.6 Å². The van der Waals surface area contributed by atoms with E-state index in [0.717, 1.165) is 30.7 Å². The Kier molecular flexibility index (Phi) is 83.8. The molecule has 2 rings (SSSR count). The van der Waals surface area contributed by atoms with Crippen LogP contribution in [0.15, 0.2) is 49.3 Å². The maximum atomic E-state index is 4.01. The minimum Gasteiger partial charge on any atom is -0.665 e. The molecular weight excluding hydrogens is 808 g/mol. The zero-order chi connectivity index (χ0) is 29.3. The predicted molar refractivity (Wildman–Crippen MR) is 168 cm³/mol. The summed E-state index contributed by atoms with van der Waals surface area (Å²) in [6, 6.07) is 6.00. The van der Waals surface area contributed by atoms with Crippen molar-refractivity contribution in [1.82, 2.24) is 4.98 Å². The number of nitrogens with zero attached hydrogens (tertiary/aromatic N) is 3. The Morgan fingerprint density at radius 2 is 1.12 bits per heavy atom. The van der Waals surface area contributed by atoms with Crippen molar-refractivity contribution in [2.45, 2.75) is 114 Å². The number of aryl methyl sites for hydroxylation is 2. The molecule has 8 heteroatoms. The van der Waals surface area contributed by atoms with Crippen molar-refractivity contribution in [3.8, 4) is 0 Å². The van der Waals surface area contributed by atoms with Crippen LogP contribution in [-0.2, 0) is 145 Å². The molecule has 230 valence electrons. The first-order chi connectivity index (χ1) is 17.6. The van der Waals surface area contributed by atoms with Gasteiger partial charge in [0.2, 0.25) is 6.33 Å². The molecule has 4 nitrogen and oxygen atoms in total. The zero-order valence-electron chi connectivity index (χ0n) is 29.6. The van der Waals surface area contributed by atoms with Gasteiger partial charge in [0.05, 0.1) is 20.4 Å². The average molecular weight is 877 g/mol. The van der Waals surface area contributed by atoms with Gasteiger partial charge in [-0.2, -0.15) is 7.05 Å². The van der Waals surface area contributed by atoms with Crippen LogP contribution < -0.4 is 9.13 Å². The molecule has 0 aliphatic heterocycles. The summed E-state index contributed by atoms with van der Waals surface area (Å²) in [4.78, 5) is 2.89. The van der Waals surface area contributed by atoms with Gasteiger partial charge in [0.15, 0.2) is 12.4 Å². The van der Waals surface area contributed by atoms with Crippen LogP contribution in [0.4, 0.5) is 0 Å². The number of hydrogen-bond donors (Lipinski definition) is 1. The fourth-order valence-electron chi connectivity index (χ4n) is 2.67. The molecule has 2 aromatic rings. The molecule has 0 spiro atoms. The molecular formula is C33H68N4Y4+2. The van der Waals surface area contributed by atoms with Gasteiger partial charge in [-0.25, -0.2) is 9.13 Å². The molecule has 41 heavy (non-hydrogen) atoms. The van der Waals surface area contributed by atoms with Crippen molar-refractivity contribution in [2.75, 3.05) is 13.6 Å². The molecule has 2 heterocycles. The van der Waals surface area contributed by atoms with Gasteiger partial charge < -0.3 is 5.32 Å². The fraction of sp³-hybridized carbons (Fsp3) is 0.727. The number of unbranched alkanes of at least 4 members (excludes halogenated alkanes) is 2. The molecule has 0 saturated carbocycles. The molecule has 0 aliphatic carbocycles. The normalized spacial score (nSPS) is 8.46. The number of imidazole rings is 1. The summed E-state index contributed by atoms with van der Waals surface area (Å²) < 4.78 is 3.94. The van der Waals surface area contributed by atoms with Gasteiger partial charge in [-0.3, -0.25) is 4.98 Å². The Hall–Kier alpha value is 2.61. The Bertz CT molecular complexity index is 585. The molecule has 0 aliphatic rings. The summed E-state index contributed by atoms with van der Waals surface area (Å²) in [6.45, 7) is 24.6. The fourth-order valence-corrected chi connectivity index (χ4v) is 2.67. The van der Waals surface area contributed by atoms with Crippen LogP contribution in [0.1, 0.15) is 114 Å². The smallest absolute Gasteiger partial charge is 0.241 e. The zero-order valence-corrected chi connectivity index (χ0v) is 40.9. The van der Waals surface area contributed by atoms with Crippen molar-refractivity contribution >= 4 is 0 Å². The first-order valence-electron chi connectivity index (χ1n) is 14.8. The number of pyridine rings is 1. The summed E-state index contributed by atoms with van der Waals surface area (Å²) >= 11 is 0. The molecule has 0 aromatic carbocycles. The second kappa shape index (κ2) is 55.0. The monoisotopic (exact) mass is 876 g/mol. The summed E-state index contributed by atoms with van der Waals surface area (Å²) in [7, 11) is 5.84. The van der Waals surface area contributed by atoms with E-state index in [2.05, 4.69) is 65.7 Å². The molecule has 4 radical (unpaired) electrons. The van der Waals surface area contributed by atoms with Gasteiger partial charge in [-0.1, -0.05) is 100 Å². The minimum absolute atomic E-state index is 0. The number of aromatic amines is 1. The second-order valence-electron chi connectivity index (χ2n) is 10.3. The first-order valence-corrected chi connectivity index (χ1v) is 14.8. The molecule has 0 atom stereocenters. The van der Waals surface area contributed by atoms with Crippen molar-refractivity contribution in [1.29, 1.82) is 0 Å². The first kappa shape index (κ1) is 62.4. The summed E-state index contributed by atoms with van der Waals surface area (Å²) in [5, 5.41) is 4.01. The van der Waals surface area contributed by atoms with Gasteiger partial charge >= 0.3 is 0 Å². The van der Waals surface area contributed by atoms with E-state index in [9.17, 15) is 0 Å². The molecule has 1 N–H and O–H groups in total. The van der Waals surface area contributed by atoms with Crippen LogP contribution in [0.5, 0.6) is 0 Å².